The van der Waals surface area contributed by atoms with Crippen molar-refractivity contribution in [3.63, 3.8) is 0 Å². The zero-order valence-electron chi connectivity index (χ0n) is 8.78. The summed E-state index contributed by atoms with van der Waals surface area (Å²) in [6.07, 6.45) is 0. The number of halogens is 1. The van der Waals surface area contributed by atoms with Crippen LogP contribution in [0.15, 0.2) is 16.5 Å². The lowest BCUT2D eigenvalue weighted by Gasteiger charge is -2.24. The average molecular weight is 220 g/mol. The van der Waals surface area contributed by atoms with Gasteiger partial charge in [-0.1, -0.05) is 20.8 Å². The molecule has 1 aromatic heterocycles. The van der Waals surface area contributed by atoms with Crippen molar-refractivity contribution < 1.29 is 9.52 Å². The Hall–Kier alpha value is -0.510. The molecule has 1 atom stereocenters. The Morgan fingerprint density at radius 3 is 2.36 bits per heavy atom. The second-order valence-corrected chi connectivity index (χ2v) is 4.31. The molecule has 1 aromatic rings. The van der Waals surface area contributed by atoms with Gasteiger partial charge < -0.3 is 15.3 Å². The molecule has 0 aliphatic rings. The molecule has 0 fully saturated rings. The summed E-state index contributed by atoms with van der Waals surface area (Å²) in [4.78, 5) is 0. The van der Waals surface area contributed by atoms with Gasteiger partial charge in [-0.15, -0.1) is 12.4 Å². The largest absolute Gasteiger partial charge is 0.462 e. The molecule has 14 heavy (non-hydrogen) atoms. The van der Waals surface area contributed by atoms with Crippen molar-refractivity contribution in [1.82, 2.24) is 0 Å². The van der Waals surface area contributed by atoms with Gasteiger partial charge in [-0.25, -0.2) is 0 Å². The fraction of sp³-hybridized carbons (Fsp3) is 0.600. The van der Waals surface area contributed by atoms with Crippen LogP contribution in [0.1, 0.15) is 38.3 Å². The summed E-state index contributed by atoms with van der Waals surface area (Å²) in [7, 11) is 0. The van der Waals surface area contributed by atoms with E-state index in [4.69, 9.17) is 15.3 Å². The van der Waals surface area contributed by atoms with Crippen LogP contribution in [-0.2, 0) is 6.61 Å². The normalized spacial score (nSPS) is 13.5. The molecule has 0 aliphatic carbocycles. The van der Waals surface area contributed by atoms with E-state index in [2.05, 4.69) is 20.8 Å². The molecule has 0 unspecified atom stereocenters. The smallest absolute Gasteiger partial charge is 0.129 e. The molecule has 0 amide bonds. The number of aliphatic hydroxyl groups excluding tert-OH is 1. The van der Waals surface area contributed by atoms with Crippen molar-refractivity contribution in [1.29, 1.82) is 0 Å². The first-order valence-corrected chi connectivity index (χ1v) is 4.40. The standard InChI is InChI=1S/C10H17NO2.ClH/c1-10(2,3)9(11)8-5-4-7(6-12)13-8;/h4-5,9,12H,6,11H2,1-3H3;1H/t9-;/m1./s1. The van der Waals surface area contributed by atoms with Crippen LogP contribution >= 0.6 is 12.4 Å². The maximum absolute atomic E-state index is 8.80. The van der Waals surface area contributed by atoms with Gasteiger partial charge in [-0.05, 0) is 17.5 Å². The molecule has 0 saturated carbocycles. The topological polar surface area (TPSA) is 59.4 Å². The number of hydrogen-bond donors (Lipinski definition) is 2. The molecule has 1 rings (SSSR count). The lowest BCUT2D eigenvalue weighted by Crippen LogP contribution is -2.25. The molecular weight excluding hydrogens is 202 g/mol. The second kappa shape index (κ2) is 4.82. The third kappa shape index (κ3) is 3.01. The SMILES string of the molecule is CC(C)(C)[C@H](N)c1ccc(CO)o1.Cl. The van der Waals surface area contributed by atoms with Gasteiger partial charge in [0.15, 0.2) is 0 Å². The predicted molar refractivity (Wildman–Crippen MR) is 58.3 cm³/mol. The van der Waals surface area contributed by atoms with Gasteiger partial charge in [0.2, 0.25) is 0 Å². The maximum Gasteiger partial charge on any atom is 0.129 e. The van der Waals surface area contributed by atoms with E-state index in [0.717, 1.165) is 5.76 Å². The highest BCUT2D eigenvalue weighted by Gasteiger charge is 2.24. The first-order valence-electron chi connectivity index (χ1n) is 4.40. The molecule has 3 nitrogen and oxygen atoms in total. The zero-order valence-corrected chi connectivity index (χ0v) is 9.60. The van der Waals surface area contributed by atoms with E-state index in [-0.39, 0.29) is 30.5 Å². The summed E-state index contributed by atoms with van der Waals surface area (Å²) in [5.41, 5.74) is 5.94. The second-order valence-electron chi connectivity index (χ2n) is 4.31. The van der Waals surface area contributed by atoms with E-state index >= 15 is 0 Å². The van der Waals surface area contributed by atoms with Gasteiger partial charge in [-0.2, -0.15) is 0 Å². The molecule has 1 heterocycles. The lowest BCUT2D eigenvalue weighted by molar-refractivity contribution is 0.227. The number of rotatable bonds is 2. The highest BCUT2D eigenvalue weighted by Crippen LogP contribution is 2.31. The zero-order chi connectivity index (χ0) is 10.1. The minimum absolute atomic E-state index is 0. The van der Waals surface area contributed by atoms with Crippen LogP contribution in [0.5, 0.6) is 0 Å². The van der Waals surface area contributed by atoms with E-state index in [1.807, 2.05) is 6.07 Å². The van der Waals surface area contributed by atoms with Crippen molar-refractivity contribution in [2.45, 2.75) is 33.4 Å². The van der Waals surface area contributed by atoms with Crippen LogP contribution in [0.2, 0.25) is 0 Å². The molecule has 0 spiro atoms. The number of hydrogen-bond acceptors (Lipinski definition) is 3. The van der Waals surface area contributed by atoms with Gasteiger partial charge in [0.25, 0.3) is 0 Å². The highest BCUT2D eigenvalue weighted by atomic mass is 35.5. The Kier molecular flexibility index (Phi) is 4.65. The third-order valence-electron chi connectivity index (χ3n) is 2.08. The molecule has 3 N–H and O–H groups in total. The van der Waals surface area contributed by atoms with Gasteiger partial charge in [-0.3, -0.25) is 0 Å². The summed E-state index contributed by atoms with van der Waals surface area (Å²) in [6, 6.07) is 3.44. The fourth-order valence-corrected chi connectivity index (χ4v) is 1.07. The summed E-state index contributed by atoms with van der Waals surface area (Å²) in [5.74, 6) is 1.30. The monoisotopic (exact) mass is 219 g/mol. The molecular formula is C10H18ClNO2. The molecule has 0 saturated heterocycles. The van der Waals surface area contributed by atoms with Crippen LogP contribution in [0.3, 0.4) is 0 Å². The summed E-state index contributed by atoms with van der Waals surface area (Å²) in [6.45, 7) is 6.09. The van der Waals surface area contributed by atoms with Crippen molar-refractivity contribution in [2.24, 2.45) is 11.1 Å². The van der Waals surface area contributed by atoms with Gasteiger partial charge in [0, 0.05) is 0 Å². The number of nitrogens with two attached hydrogens (primary N) is 1. The van der Waals surface area contributed by atoms with Gasteiger partial charge >= 0.3 is 0 Å². The third-order valence-corrected chi connectivity index (χ3v) is 2.08. The Balaban J connectivity index is 0.00000169. The molecule has 0 radical (unpaired) electrons. The average Bonchev–Trinajstić information content (AvgIpc) is 2.48. The minimum atomic E-state index is -0.132. The number of aliphatic hydroxyl groups is 1. The van der Waals surface area contributed by atoms with E-state index in [1.54, 1.807) is 6.07 Å². The van der Waals surface area contributed by atoms with Gasteiger partial charge in [0.05, 0.1) is 6.04 Å². The minimum Gasteiger partial charge on any atom is -0.462 e. The molecule has 0 aromatic carbocycles. The van der Waals surface area contributed by atoms with Crippen LogP contribution in [0.25, 0.3) is 0 Å². The van der Waals surface area contributed by atoms with Crippen LogP contribution in [-0.4, -0.2) is 5.11 Å². The predicted octanol–water partition coefficient (Wildman–Crippen LogP) is 2.24. The quantitative estimate of drug-likeness (QED) is 0.802. The van der Waals surface area contributed by atoms with E-state index in [1.165, 1.54) is 0 Å². The molecule has 4 heteroatoms. The first kappa shape index (κ1) is 13.5. The molecule has 0 bridgehead atoms. The van der Waals surface area contributed by atoms with Crippen LogP contribution in [0.4, 0.5) is 0 Å². The molecule has 82 valence electrons. The molecule has 0 aliphatic heterocycles. The summed E-state index contributed by atoms with van der Waals surface area (Å²) < 4.78 is 5.35. The highest BCUT2D eigenvalue weighted by molar-refractivity contribution is 5.85. The van der Waals surface area contributed by atoms with E-state index < -0.39 is 0 Å². The maximum atomic E-state index is 8.80. The Morgan fingerprint density at radius 1 is 1.43 bits per heavy atom. The number of furan rings is 1. The van der Waals surface area contributed by atoms with Crippen LogP contribution in [0, 0.1) is 5.41 Å². The Labute approximate surface area is 90.7 Å². The van der Waals surface area contributed by atoms with Crippen molar-refractivity contribution in [3.8, 4) is 0 Å². The van der Waals surface area contributed by atoms with Crippen molar-refractivity contribution >= 4 is 12.4 Å². The fourth-order valence-electron chi connectivity index (χ4n) is 1.07. The Morgan fingerprint density at radius 2 is 2.00 bits per heavy atom. The summed E-state index contributed by atoms with van der Waals surface area (Å²) >= 11 is 0. The Bertz CT molecular complexity index is 278. The van der Waals surface area contributed by atoms with Crippen molar-refractivity contribution in [2.75, 3.05) is 0 Å². The van der Waals surface area contributed by atoms with Crippen LogP contribution < -0.4 is 5.73 Å². The first-order chi connectivity index (χ1) is 5.95. The van der Waals surface area contributed by atoms with Crippen molar-refractivity contribution in [3.05, 3.63) is 23.7 Å². The van der Waals surface area contributed by atoms with E-state index in [9.17, 15) is 0 Å². The lowest BCUT2D eigenvalue weighted by atomic mass is 9.86. The van der Waals surface area contributed by atoms with Gasteiger partial charge in [0.1, 0.15) is 18.1 Å². The van der Waals surface area contributed by atoms with E-state index in [0.29, 0.717) is 5.76 Å². The summed E-state index contributed by atoms with van der Waals surface area (Å²) in [5, 5.41) is 8.80.